The van der Waals surface area contributed by atoms with Crippen molar-refractivity contribution in [2.45, 2.75) is 63.2 Å². The lowest BCUT2D eigenvalue weighted by atomic mass is 10.1. The lowest BCUT2D eigenvalue weighted by molar-refractivity contribution is -0.150. The standard InChI is InChI=1S/C22H37N9O10.C2H4O2/c23-8-15(33)28-11(3-1-5-26-22(24)25)18(37)27-9-16(34)29-12(7-17(35)36)19(38)30-13(10-32)20(39)31-6-2-4-14(31)21(40)41;1-2(3)4/h11-14,32H,1-10,23H2,(H,27,37)(H,28,33)(H,29,34)(H,30,38)(H,35,36)(H,40,41)(H4,24,25,26);1H3,(H,3,4). The van der Waals surface area contributed by atoms with Gasteiger partial charge in [0.05, 0.1) is 26.1 Å². The Balaban J connectivity index is 0.00000454. The van der Waals surface area contributed by atoms with Crippen LogP contribution in [0.5, 0.6) is 0 Å². The summed E-state index contributed by atoms with van der Waals surface area (Å²) in [6.45, 7) is -0.727. The molecule has 0 radical (unpaired) electrons. The predicted octanol–water partition coefficient (Wildman–Crippen LogP) is -5.80. The molecule has 1 aliphatic rings. The summed E-state index contributed by atoms with van der Waals surface area (Å²) in [6, 6.07) is -5.57. The van der Waals surface area contributed by atoms with E-state index < -0.39 is 97.7 Å². The van der Waals surface area contributed by atoms with Crippen molar-refractivity contribution in [3.63, 3.8) is 0 Å². The van der Waals surface area contributed by atoms with Gasteiger partial charge in [0, 0.05) is 20.0 Å². The third-order valence-electron chi connectivity index (χ3n) is 5.85. The summed E-state index contributed by atoms with van der Waals surface area (Å²) in [6.07, 6.45) is 0.0216. The lowest BCUT2D eigenvalue weighted by Gasteiger charge is -2.27. The molecule has 0 aromatic carbocycles. The summed E-state index contributed by atoms with van der Waals surface area (Å²) in [5.74, 6) is -8.18. The molecule has 14 N–H and O–H groups in total. The third kappa shape index (κ3) is 16.4. The van der Waals surface area contributed by atoms with Gasteiger partial charge in [0.25, 0.3) is 5.97 Å². The molecular formula is C24H41N9O12. The number of carbonyl (C=O) groups is 8. The van der Waals surface area contributed by atoms with Crippen LogP contribution >= 0.6 is 0 Å². The molecule has 254 valence electrons. The van der Waals surface area contributed by atoms with Crippen LogP contribution in [-0.2, 0) is 38.4 Å². The van der Waals surface area contributed by atoms with Crippen molar-refractivity contribution in [3.8, 4) is 0 Å². The number of nitrogens with one attached hydrogen (secondary N) is 4. The number of likely N-dealkylation sites (tertiary alicyclic amines) is 1. The summed E-state index contributed by atoms with van der Waals surface area (Å²) in [5, 5.41) is 44.4. The number of aliphatic hydroxyl groups is 1. The zero-order valence-corrected chi connectivity index (χ0v) is 24.6. The van der Waals surface area contributed by atoms with E-state index in [4.69, 9.17) is 27.1 Å². The van der Waals surface area contributed by atoms with Gasteiger partial charge in [-0.05, 0) is 25.7 Å². The van der Waals surface area contributed by atoms with Gasteiger partial charge in [-0.2, -0.15) is 0 Å². The van der Waals surface area contributed by atoms with Gasteiger partial charge in [-0.25, -0.2) is 4.79 Å². The van der Waals surface area contributed by atoms with Crippen molar-refractivity contribution in [2.24, 2.45) is 22.2 Å². The van der Waals surface area contributed by atoms with Gasteiger partial charge in [-0.3, -0.25) is 38.6 Å². The van der Waals surface area contributed by atoms with Gasteiger partial charge in [0.15, 0.2) is 5.96 Å². The number of aliphatic carboxylic acids is 3. The van der Waals surface area contributed by atoms with Crippen LogP contribution < -0.4 is 38.5 Å². The Morgan fingerprint density at radius 2 is 1.51 bits per heavy atom. The molecule has 21 nitrogen and oxygen atoms in total. The second-order valence-electron chi connectivity index (χ2n) is 9.50. The summed E-state index contributed by atoms with van der Waals surface area (Å²) >= 11 is 0. The van der Waals surface area contributed by atoms with Crippen molar-refractivity contribution < 1.29 is 58.8 Å². The van der Waals surface area contributed by atoms with Crippen LogP contribution in [0, 0.1) is 0 Å². The van der Waals surface area contributed by atoms with Crippen molar-refractivity contribution >= 4 is 53.4 Å². The first kappa shape index (κ1) is 39.9. The van der Waals surface area contributed by atoms with Crippen molar-refractivity contribution in [1.29, 1.82) is 0 Å². The number of aliphatic imine (C=N–C) groups is 1. The maximum atomic E-state index is 12.8. The number of hydrogen-bond acceptors (Lipinski definition) is 11. The Kier molecular flexibility index (Phi) is 18.5. The first-order chi connectivity index (χ1) is 21.0. The van der Waals surface area contributed by atoms with Crippen LogP contribution in [-0.4, -0.2) is 136 Å². The van der Waals surface area contributed by atoms with E-state index in [2.05, 4.69) is 26.3 Å². The molecule has 1 aliphatic heterocycles. The minimum Gasteiger partial charge on any atom is -0.481 e. The molecule has 5 amide bonds. The van der Waals surface area contributed by atoms with Gasteiger partial charge in [0.1, 0.15) is 24.2 Å². The van der Waals surface area contributed by atoms with E-state index in [9.17, 15) is 48.9 Å². The van der Waals surface area contributed by atoms with Gasteiger partial charge in [-0.15, -0.1) is 0 Å². The van der Waals surface area contributed by atoms with E-state index in [-0.39, 0.29) is 38.3 Å². The van der Waals surface area contributed by atoms with E-state index in [1.54, 1.807) is 0 Å². The number of amides is 5. The first-order valence-corrected chi connectivity index (χ1v) is 13.5. The molecule has 1 heterocycles. The Hall–Kier alpha value is -5.05. The first-order valence-electron chi connectivity index (χ1n) is 13.5. The van der Waals surface area contributed by atoms with Crippen LogP contribution in [0.2, 0.25) is 0 Å². The Morgan fingerprint density at radius 3 is 2.02 bits per heavy atom. The van der Waals surface area contributed by atoms with Crippen LogP contribution in [0.15, 0.2) is 4.99 Å². The minimum atomic E-state index is -1.72. The maximum Gasteiger partial charge on any atom is 0.326 e. The number of carboxylic acid groups (broad SMARTS) is 3. The minimum absolute atomic E-state index is 0.0797. The molecule has 1 rings (SSSR count). The summed E-state index contributed by atoms with van der Waals surface area (Å²) in [7, 11) is 0. The Morgan fingerprint density at radius 1 is 0.911 bits per heavy atom. The predicted molar refractivity (Wildman–Crippen MR) is 153 cm³/mol. The molecule has 0 spiro atoms. The number of rotatable bonds is 17. The van der Waals surface area contributed by atoms with Crippen LogP contribution in [0.25, 0.3) is 0 Å². The molecule has 4 atom stereocenters. The number of guanidine groups is 1. The normalized spacial score (nSPS) is 15.5. The number of carboxylic acids is 3. The smallest absolute Gasteiger partial charge is 0.326 e. The molecule has 0 aliphatic carbocycles. The zero-order valence-electron chi connectivity index (χ0n) is 24.6. The van der Waals surface area contributed by atoms with Crippen LogP contribution in [0.3, 0.4) is 0 Å². The number of aliphatic hydroxyl groups excluding tert-OH is 1. The third-order valence-corrected chi connectivity index (χ3v) is 5.85. The van der Waals surface area contributed by atoms with Crippen LogP contribution in [0.1, 0.15) is 39.0 Å². The zero-order chi connectivity index (χ0) is 34.7. The number of hydrogen-bond donors (Lipinski definition) is 11. The fourth-order valence-corrected chi connectivity index (χ4v) is 3.89. The highest BCUT2D eigenvalue weighted by Gasteiger charge is 2.38. The fraction of sp³-hybridized carbons (Fsp3) is 0.625. The van der Waals surface area contributed by atoms with E-state index >= 15 is 0 Å². The van der Waals surface area contributed by atoms with Crippen LogP contribution in [0.4, 0.5) is 0 Å². The quantitative estimate of drug-likeness (QED) is 0.0398. The van der Waals surface area contributed by atoms with Gasteiger partial charge in [-0.1, -0.05) is 0 Å². The van der Waals surface area contributed by atoms with Crippen molar-refractivity contribution in [3.05, 3.63) is 0 Å². The number of nitrogens with zero attached hydrogens (tertiary/aromatic N) is 2. The summed E-state index contributed by atoms with van der Waals surface area (Å²) < 4.78 is 0. The lowest BCUT2D eigenvalue weighted by Crippen LogP contribution is -2.58. The average Bonchev–Trinajstić information content (AvgIpc) is 3.45. The van der Waals surface area contributed by atoms with E-state index in [1.807, 2.05) is 0 Å². The molecule has 0 aromatic rings. The van der Waals surface area contributed by atoms with Gasteiger partial charge in [0.2, 0.25) is 29.5 Å². The van der Waals surface area contributed by atoms with E-state index in [0.717, 1.165) is 11.8 Å². The van der Waals surface area contributed by atoms with Crippen molar-refractivity contribution in [1.82, 2.24) is 26.2 Å². The maximum absolute atomic E-state index is 12.8. The molecule has 1 saturated heterocycles. The SMILES string of the molecule is CC(=O)O.NCC(=O)NC(CCCN=C(N)N)C(=O)NCC(=O)NC(CC(=O)O)C(=O)NC(CO)C(=O)N1CCCC1C(=O)O. The summed E-state index contributed by atoms with van der Waals surface area (Å²) in [4.78, 5) is 98.6. The van der Waals surface area contributed by atoms with Gasteiger partial charge < -0.3 is 63.8 Å². The van der Waals surface area contributed by atoms with Crippen molar-refractivity contribution in [2.75, 3.05) is 32.8 Å². The molecule has 21 heteroatoms. The topological polar surface area (TPSA) is 359 Å². The second-order valence-corrected chi connectivity index (χ2v) is 9.50. The molecule has 4 unspecified atom stereocenters. The molecule has 1 fully saturated rings. The number of carbonyl (C=O) groups excluding carboxylic acids is 5. The molecule has 0 bridgehead atoms. The molecule has 45 heavy (non-hydrogen) atoms. The Labute approximate surface area is 256 Å². The highest BCUT2D eigenvalue weighted by atomic mass is 16.4. The number of nitrogens with two attached hydrogens (primary N) is 3. The fourth-order valence-electron chi connectivity index (χ4n) is 3.89. The molecular weight excluding hydrogens is 606 g/mol. The average molecular weight is 648 g/mol. The largest absolute Gasteiger partial charge is 0.481 e. The molecule has 0 aromatic heterocycles. The monoisotopic (exact) mass is 647 g/mol. The summed E-state index contributed by atoms with van der Waals surface area (Å²) in [5.41, 5.74) is 15.7. The second kappa shape index (κ2) is 20.8. The van der Waals surface area contributed by atoms with E-state index in [0.29, 0.717) is 6.42 Å². The Bertz CT molecular complexity index is 1110. The van der Waals surface area contributed by atoms with Gasteiger partial charge >= 0.3 is 11.9 Å². The molecule has 0 saturated carbocycles. The van der Waals surface area contributed by atoms with E-state index in [1.165, 1.54) is 0 Å². The highest BCUT2D eigenvalue weighted by Crippen LogP contribution is 2.18. The highest BCUT2D eigenvalue weighted by molar-refractivity contribution is 5.96.